The Bertz CT molecular complexity index is 1840. The minimum Gasteiger partial charge on any atom is -0.497 e. The van der Waals surface area contributed by atoms with Gasteiger partial charge in [0.1, 0.15) is 17.8 Å². The zero-order chi connectivity index (χ0) is 40.7. The summed E-state index contributed by atoms with van der Waals surface area (Å²) in [7, 11) is 1.54. The lowest BCUT2D eigenvalue weighted by Gasteiger charge is -2.32. The van der Waals surface area contributed by atoms with Crippen LogP contribution >= 0.6 is 11.8 Å². The lowest BCUT2D eigenvalue weighted by atomic mass is 9.89. The van der Waals surface area contributed by atoms with Crippen molar-refractivity contribution in [3.8, 4) is 5.75 Å². The molecule has 1 heterocycles. The van der Waals surface area contributed by atoms with Gasteiger partial charge in [-0.1, -0.05) is 54.6 Å². The molecular weight excluding hydrogens is 735 g/mol. The van der Waals surface area contributed by atoms with Crippen LogP contribution in [0.1, 0.15) is 50.7 Å². The second kappa shape index (κ2) is 21.5. The van der Waals surface area contributed by atoms with Crippen molar-refractivity contribution in [3.05, 3.63) is 77.9 Å². The van der Waals surface area contributed by atoms with E-state index in [1.54, 1.807) is 38.3 Å². The van der Waals surface area contributed by atoms with Gasteiger partial charge in [-0.25, -0.2) is 0 Å². The quantitative estimate of drug-likeness (QED) is 0.0911. The maximum atomic E-state index is 14.4. The molecule has 302 valence electrons. The van der Waals surface area contributed by atoms with Crippen molar-refractivity contribution in [2.45, 2.75) is 82.1 Å². The average Bonchev–Trinajstić information content (AvgIpc) is 3.27. The predicted octanol–water partition coefficient (Wildman–Crippen LogP) is 1.30. The van der Waals surface area contributed by atoms with E-state index < -0.39 is 47.4 Å². The summed E-state index contributed by atoms with van der Waals surface area (Å²) >= 11 is 1.45. The highest BCUT2D eigenvalue weighted by Gasteiger charge is 2.37. The van der Waals surface area contributed by atoms with Crippen LogP contribution in [0.5, 0.6) is 5.75 Å². The standard InChI is InChI=1S/C41H55N7O7S/c1-26(49)45-32-16-19-56-25-35(44-24-36(32)50)39(53)46-33(21-27-11-14-31(55-3)15-12-27)38(52)47-34(22-28-10-13-29-8-4-5-9-30(29)20-28)40(54)48-41(2,37(51)23-43)17-6-7-18-42/h4-5,8-15,20,32-35,44H,6-7,16-19,21-25,42-43H2,1-3H3,(H,45,49)(H,46,53)(H,47,52)(H,48,54)/t32-,33-,34-,35-,41?/m0/s1. The number of unbranched alkanes of at least 4 members (excludes halogenated alkanes) is 1. The van der Waals surface area contributed by atoms with Crippen LogP contribution in [-0.4, -0.2) is 103 Å². The van der Waals surface area contributed by atoms with Gasteiger partial charge in [0.15, 0.2) is 11.6 Å². The molecule has 14 nitrogen and oxygen atoms in total. The minimum atomic E-state index is -1.30. The number of rotatable bonds is 18. The van der Waals surface area contributed by atoms with Gasteiger partial charge in [-0.3, -0.25) is 34.1 Å². The molecule has 0 spiro atoms. The van der Waals surface area contributed by atoms with E-state index in [2.05, 4.69) is 26.6 Å². The lowest BCUT2D eigenvalue weighted by molar-refractivity contribution is -0.135. The number of hydrogen-bond acceptors (Lipinski definition) is 11. The first-order valence-corrected chi connectivity index (χ1v) is 20.1. The summed E-state index contributed by atoms with van der Waals surface area (Å²) in [6.07, 6.45) is 2.09. The number of amides is 4. The fraction of sp³-hybridized carbons (Fsp3) is 0.463. The van der Waals surface area contributed by atoms with Gasteiger partial charge in [0.05, 0.1) is 37.8 Å². The summed E-state index contributed by atoms with van der Waals surface area (Å²) in [4.78, 5) is 80.3. The van der Waals surface area contributed by atoms with E-state index in [9.17, 15) is 28.8 Å². The summed E-state index contributed by atoms with van der Waals surface area (Å²) in [5.74, 6) is -1.18. The Morgan fingerprint density at radius 1 is 0.911 bits per heavy atom. The average molecular weight is 790 g/mol. The Morgan fingerprint density at radius 3 is 2.27 bits per heavy atom. The molecule has 56 heavy (non-hydrogen) atoms. The van der Waals surface area contributed by atoms with Crippen molar-refractivity contribution in [2.75, 3.05) is 38.2 Å². The Labute approximate surface area is 332 Å². The molecule has 4 rings (SSSR count). The van der Waals surface area contributed by atoms with Crippen LogP contribution in [0.2, 0.25) is 0 Å². The second-order valence-corrected chi connectivity index (χ2v) is 15.4. The van der Waals surface area contributed by atoms with Crippen molar-refractivity contribution in [2.24, 2.45) is 11.5 Å². The number of Topliss-reactive ketones (excluding diaryl/α,β-unsaturated/α-hetero) is 2. The van der Waals surface area contributed by atoms with Crippen molar-refractivity contribution in [3.63, 3.8) is 0 Å². The first-order valence-electron chi connectivity index (χ1n) is 18.9. The van der Waals surface area contributed by atoms with E-state index in [1.165, 1.54) is 18.7 Å². The van der Waals surface area contributed by atoms with Gasteiger partial charge in [0.2, 0.25) is 23.6 Å². The SMILES string of the molecule is COc1ccc(C[C@H](NC(=O)[C@@H]2CSCC[C@H](NC(C)=O)C(=O)CN2)C(=O)N[C@@H](Cc2ccc3ccccc3c2)C(=O)NC(C)(CCCCN)C(=O)CN)cc1. The highest BCUT2D eigenvalue weighted by molar-refractivity contribution is 7.99. The number of thioether (sulfide) groups is 1. The Morgan fingerprint density at radius 2 is 1.59 bits per heavy atom. The molecule has 1 fully saturated rings. The summed E-state index contributed by atoms with van der Waals surface area (Å²) in [5.41, 5.74) is 11.7. The molecule has 1 saturated heterocycles. The number of benzene rings is 3. The molecule has 4 amide bonds. The summed E-state index contributed by atoms with van der Waals surface area (Å²) in [5, 5.41) is 16.3. The molecule has 15 heteroatoms. The number of fused-ring (bicyclic) bond motifs is 1. The fourth-order valence-electron chi connectivity index (χ4n) is 6.58. The second-order valence-electron chi connectivity index (χ2n) is 14.3. The molecular formula is C41H55N7O7S. The summed E-state index contributed by atoms with van der Waals surface area (Å²) in [6.45, 7) is 2.96. The highest BCUT2D eigenvalue weighted by Crippen LogP contribution is 2.20. The molecule has 3 aromatic carbocycles. The van der Waals surface area contributed by atoms with Crippen molar-refractivity contribution in [1.29, 1.82) is 0 Å². The molecule has 5 atom stereocenters. The van der Waals surface area contributed by atoms with Gasteiger partial charge in [0, 0.05) is 25.5 Å². The van der Waals surface area contributed by atoms with E-state index in [4.69, 9.17) is 16.2 Å². The van der Waals surface area contributed by atoms with Crippen molar-refractivity contribution < 1.29 is 33.5 Å². The molecule has 1 aliphatic heterocycles. The van der Waals surface area contributed by atoms with Gasteiger partial charge < -0.3 is 37.5 Å². The van der Waals surface area contributed by atoms with Crippen LogP contribution in [-0.2, 0) is 41.6 Å². The molecule has 0 aromatic heterocycles. The number of methoxy groups -OCH3 is 1. The third kappa shape index (κ3) is 12.9. The molecule has 0 saturated carbocycles. The molecule has 1 aliphatic rings. The molecule has 9 N–H and O–H groups in total. The normalized spacial score (nSPS) is 18.2. The molecule has 3 aromatic rings. The van der Waals surface area contributed by atoms with Crippen molar-refractivity contribution in [1.82, 2.24) is 26.6 Å². The first-order chi connectivity index (χ1) is 26.8. The molecule has 1 unspecified atom stereocenters. The first kappa shape index (κ1) is 43.9. The third-order valence-corrected chi connectivity index (χ3v) is 11.0. The predicted molar refractivity (Wildman–Crippen MR) is 218 cm³/mol. The number of hydrogen-bond donors (Lipinski definition) is 7. The zero-order valence-corrected chi connectivity index (χ0v) is 33.2. The van der Waals surface area contributed by atoms with Crippen LogP contribution in [0.15, 0.2) is 66.7 Å². The van der Waals surface area contributed by atoms with E-state index >= 15 is 0 Å². The molecule has 0 radical (unpaired) electrons. The minimum absolute atomic E-state index is 0.0672. The van der Waals surface area contributed by atoms with Crippen LogP contribution in [0.25, 0.3) is 10.8 Å². The van der Waals surface area contributed by atoms with Crippen LogP contribution in [0, 0.1) is 0 Å². The maximum absolute atomic E-state index is 14.4. The maximum Gasteiger partial charge on any atom is 0.243 e. The highest BCUT2D eigenvalue weighted by atomic mass is 32.2. The van der Waals surface area contributed by atoms with Crippen LogP contribution < -0.4 is 42.8 Å². The monoisotopic (exact) mass is 789 g/mol. The van der Waals surface area contributed by atoms with Gasteiger partial charge in [-0.05, 0) is 78.9 Å². The fourth-order valence-corrected chi connectivity index (χ4v) is 7.65. The van der Waals surface area contributed by atoms with E-state index in [1.807, 2.05) is 42.5 Å². The smallest absolute Gasteiger partial charge is 0.243 e. The topological polar surface area (TPSA) is 224 Å². The lowest BCUT2D eigenvalue weighted by Crippen LogP contribution is -2.61. The van der Waals surface area contributed by atoms with E-state index in [0.717, 1.165) is 16.3 Å². The van der Waals surface area contributed by atoms with E-state index in [0.29, 0.717) is 55.0 Å². The van der Waals surface area contributed by atoms with Gasteiger partial charge in [-0.15, -0.1) is 0 Å². The Hall–Kier alpha value is -4.83. The number of carbonyl (C=O) groups excluding carboxylic acids is 6. The number of ketones is 2. The van der Waals surface area contributed by atoms with E-state index in [-0.39, 0.29) is 43.4 Å². The van der Waals surface area contributed by atoms with Gasteiger partial charge in [0.25, 0.3) is 0 Å². The largest absolute Gasteiger partial charge is 0.497 e. The zero-order valence-electron chi connectivity index (χ0n) is 32.4. The number of nitrogens with two attached hydrogens (primary N) is 2. The number of nitrogens with one attached hydrogen (secondary N) is 5. The summed E-state index contributed by atoms with van der Waals surface area (Å²) in [6, 6.07) is 16.8. The van der Waals surface area contributed by atoms with Crippen molar-refractivity contribution >= 4 is 57.7 Å². The molecule has 0 bridgehead atoms. The Kier molecular flexibility index (Phi) is 16.8. The third-order valence-electron chi connectivity index (χ3n) is 9.89. The van der Waals surface area contributed by atoms with Crippen LogP contribution in [0.3, 0.4) is 0 Å². The number of ether oxygens (including phenoxy) is 1. The van der Waals surface area contributed by atoms with Crippen LogP contribution in [0.4, 0.5) is 0 Å². The Balaban J connectivity index is 1.63. The van der Waals surface area contributed by atoms with Gasteiger partial charge >= 0.3 is 0 Å². The van der Waals surface area contributed by atoms with Gasteiger partial charge in [-0.2, -0.15) is 11.8 Å². The number of carbonyl (C=O) groups is 6. The molecule has 0 aliphatic carbocycles. The summed E-state index contributed by atoms with van der Waals surface area (Å²) < 4.78 is 5.30.